The van der Waals surface area contributed by atoms with Gasteiger partial charge in [0.15, 0.2) is 0 Å². The first kappa shape index (κ1) is 13.5. The second kappa shape index (κ2) is 4.95. The molecule has 6 heteroatoms. The monoisotopic (exact) mass is 271 g/mol. The molecule has 0 bridgehead atoms. The van der Waals surface area contributed by atoms with E-state index in [1.807, 2.05) is 0 Å². The highest BCUT2D eigenvalue weighted by molar-refractivity contribution is 5.71. The fraction of sp³-hybridized carbons (Fsp3) is 0.308. The minimum atomic E-state index is -4.36. The molecule has 1 N–H and O–H groups in total. The number of nitrogens with zero attached hydrogens (tertiary/aromatic N) is 1. The quantitative estimate of drug-likeness (QED) is 0.849. The van der Waals surface area contributed by atoms with Gasteiger partial charge < -0.3 is 10.0 Å². The lowest BCUT2D eigenvalue weighted by Gasteiger charge is -2.24. The fourth-order valence-electron chi connectivity index (χ4n) is 2.00. The molecule has 19 heavy (non-hydrogen) atoms. The Bertz CT molecular complexity index is 523. The zero-order valence-electron chi connectivity index (χ0n) is 9.94. The lowest BCUT2D eigenvalue weighted by atomic mass is 9.98. The number of carboxylic acid groups (broad SMARTS) is 1. The van der Waals surface area contributed by atoms with Crippen LogP contribution in [0.25, 0.3) is 5.57 Å². The molecule has 2 rings (SSSR count). The molecule has 1 heterocycles. The number of carbonyl (C=O) groups is 1. The van der Waals surface area contributed by atoms with E-state index in [1.165, 1.54) is 11.0 Å². The van der Waals surface area contributed by atoms with E-state index >= 15 is 0 Å². The maximum Gasteiger partial charge on any atom is 0.416 e. The maximum atomic E-state index is 12.6. The molecule has 0 aromatic heterocycles. The average Bonchev–Trinajstić information content (AvgIpc) is 2.38. The topological polar surface area (TPSA) is 40.5 Å². The van der Waals surface area contributed by atoms with Crippen LogP contribution in [-0.2, 0) is 6.18 Å². The first-order valence-electron chi connectivity index (χ1n) is 5.72. The normalized spacial score (nSPS) is 16.2. The van der Waals surface area contributed by atoms with E-state index in [-0.39, 0.29) is 6.54 Å². The Labute approximate surface area is 108 Å². The SMILES string of the molecule is O=C(O)N1CC=C(c2cccc(C(F)(F)F)c2)CC1. The van der Waals surface area contributed by atoms with E-state index in [1.54, 1.807) is 12.1 Å². The van der Waals surface area contributed by atoms with Gasteiger partial charge in [-0.3, -0.25) is 0 Å². The van der Waals surface area contributed by atoms with Crippen LogP contribution in [0.5, 0.6) is 0 Å². The molecule has 3 nitrogen and oxygen atoms in total. The van der Waals surface area contributed by atoms with Crippen molar-refractivity contribution in [1.82, 2.24) is 4.90 Å². The number of hydrogen-bond acceptors (Lipinski definition) is 1. The molecule has 1 amide bonds. The molecule has 1 aliphatic heterocycles. The smallest absolute Gasteiger partial charge is 0.416 e. The van der Waals surface area contributed by atoms with Gasteiger partial charge in [-0.2, -0.15) is 13.2 Å². The molecule has 0 radical (unpaired) electrons. The predicted octanol–water partition coefficient (Wildman–Crippen LogP) is 3.47. The molecule has 0 spiro atoms. The minimum absolute atomic E-state index is 0.209. The maximum absolute atomic E-state index is 12.6. The molecule has 1 aromatic rings. The Morgan fingerprint density at radius 2 is 2.05 bits per heavy atom. The zero-order valence-corrected chi connectivity index (χ0v) is 9.94. The number of rotatable bonds is 1. The molecule has 0 unspecified atom stereocenters. The van der Waals surface area contributed by atoms with Crippen LogP contribution in [0.15, 0.2) is 30.3 Å². The Hall–Kier alpha value is -1.98. The molecule has 102 valence electrons. The van der Waals surface area contributed by atoms with E-state index in [0.717, 1.165) is 17.7 Å². The number of hydrogen-bond donors (Lipinski definition) is 1. The summed E-state index contributed by atoms with van der Waals surface area (Å²) in [5, 5.41) is 8.79. The summed E-state index contributed by atoms with van der Waals surface area (Å²) >= 11 is 0. The van der Waals surface area contributed by atoms with Crippen molar-refractivity contribution < 1.29 is 23.1 Å². The Kier molecular flexibility index (Phi) is 3.50. The second-order valence-corrected chi connectivity index (χ2v) is 4.29. The lowest BCUT2D eigenvalue weighted by molar-refractivity contribution is -0.137. The predicted molar refractivity (Wildman–Crippen MR) is 63.6 cm³/mol. The van der Waals surface area contributed by atoms with Crippen LogP contribution in [0.2, 0.25) is 0 Å². The summed E-state index contributed by atoms with van der Waals surface area (Å²) in [5.74, 6) is 0. The van der Waals surface area contributed by atoms with Gasteiger partial charge in [0.05, 0.1) is 5.56 Å². The van der Waals surface area contributed by atoms with Crippen LogP contribution >= 0.6 is 0 Å². The van der Waals surface area contributed by atoms with Crippen molar-refractivity contribution >= 4 is 11.7 Å². The number of halogens is 3. The number of benzene rings is 1. The molecular weight excluding hydrogens is 259 g/mol. The second-order valence-electron chi connectivity index (χ2n) is 4.29. The van der Waals surface area contributed by atoms with Crippen molar-refractivity contribution in [1.29, 1.82) is 0 Å². The number of amides is 1. The first-order chi connectivity index (χ1) is 8.88. The molecule has 0 fully saturated rings. The van der Waals surface area contributed by atoms with Gasteiger partial charge in [0.2, 0.25) is 0 Å². The molecular formula is C13H12F3NO2. The van der Waals surface area contributed by atoms with Crippen LogP contribution < -0.4 is 0 Å². The third kappa shape index (κ3) is 3.07. The summed E-state index contributed by atoms with van der Waals surface area (Å²) < 4.78 is 37.8. The summed E-state index contributed by atoms with van der Waals surface area (Å²) in [6, 6.07) is 5.10. The standard InChI is InChI=1S/C13H12F3NO2/c14-13(15,16)11-3-1-2-10(8-11)9-4-6-17(7-5-9)12(18)19/h1-4,8H,5-7H2,(H,18,19). The van der Waals surface area contributed by atoms with Gasteiger partial charge in [0, 0.05) is 13.1 Å². The van der Waals surface area contributed by atoms with Crippen molar-refractivity contribution in [2.45, 2.75) is 12.6 Å². The highest BCUT2D eigenvalue weighted by Gasteiger charge is 2.30. The highest BCUT2D eigenvalue weighted by atomic mass is 19.4. The van der Waals surface area contributed by atoms with Gasteiger partial charge in [0.1, 0.15) is 0 Å². The summed E-state index contributed by atoms with van der Waals surface area (Å²) in [6.07, 6.45) is -3.29. The summed E-state index contributed by atoms with van der Waals surface area (Å²) in [6.45, 7) is 0.512. The largest absolute Gasteiger partial charge is 0.465 e. The van der Waals surface area contributed by atoms with Crippen molar-refractivity contribution in [3.63, 3.8) is 0 Å². The van der Waals surface area contributed by atoms with Gasteiger partial charge in [-0.25, -0.2) is 4.79 Å². The molecule has 1 aliphatic rings. The number of alkyl halides is 3. The summed E-state index contributed by atoms with van der Waals surface area (Å²) in [5.41, 5.74) is 0.565. The Balaban J connectivity index is 2.22. The summed E-state index contributed by atoms with van der Waals surface area (Å²) in [7, 11) is 0. The lowest BCUT2D eigenvalue weighted by Crippen LogP contribution is -2.33. The third-order valence-electron chi connectivity index (χ3n) is 3.04. The van der Waals surface area contributed by atoms with Gasteiger partial charge in [0.25, 0.3) is 0 Å². The van der Waals surface area contributed by atoms with E-state index in [0.29, 0.717) is 18.5 Å². The van der Waals surface area contributed by atoms with Crippen molar-refractivity contribution in [2.24, 2.45) is 0 Å². The van der Waals surface area contributed by atoms with Gasteiger partial charge in [-0.05, 0) is 29.7 Å². The first-order valence-corrected chi connectivity index (χ1v) is 5.72. The highest BCUT2D eigenvalue weighted by Crippen LogP contribution is 2.32. The van der Waals surface area contributed by atoms with Crippen molar-refractivity contribution in [3.8, 4) is 0 Å². The van der Waals surface area contributed by atoms with E-state index in [2.05, 4.69) is 0 Å². The van der Waals surface area contributed by atoms with Gasteiger partial charge >= 0.3 is 12.3 Å². The van der Waals surface area contributed by atoms with E-state index in [4.69, 9.17) is 5.11 Å². The van der Waals surface area contributed by atoms with Crippen LogP contribution in [-0.4, -0.2) is 29.2 Å². The van der Waals surface area contributed by atoms with E-state index in [9.17, 15) is 18.0 Å². The average molecular weight is 271 g/mol. The third-order valence-corrected chi connectivity index (χ3v) is 3.04. The minimum Gasteiger partial charge on any atom is -0.465 e. The van der Waals surface area contributed by atoms with Crippen molar-refractivity contribution in [3.05, 3.63) is 41.5 Å². The fourth-order valence-corrected chi connectivity index (χ4v) is 2.00. The molecule has 1 aromatic carbocycles. The van der Waals surface area contributed by atoms with Crippen LogP contribution in [0, 0.1) is 0 Å². The van der Waals surface area contributed by atoms with Crippen LogP contribution in [0.3, 0.4) is 0 Å². The van der Waals surface area contributed by atoms with Crippen molar-refractivity contribution in [2.75, 3.05) is 13.1 Å². The van der Waals surface area contributed by atoms with Gasteiger partial charge in [-0.15, -0.1) is 0 Å². The van der Waals surface area contributed by atoms with Crippen LogP contribution in [0.1, 0.15) is 17.5 Å². The molecule has 0 atom stereocenters. The Morgan fingerprint density at radius 1 is 1.32 bits per heavy atom. The summed E-state index contributed by atoms with van der Waals surface area (Å²) in [4.78, 5) is 12.0. The molecule has 0 saturated heterocycles. The zero-order chi connectivity index (χ0) is 14.0. The van der Waals surface area contributed by atoms with Gasteiger partial charge in [-0.1, -0.05) is 18.2 Å². The Morgan fingerprint density at radius 3 is 2.58 bits per heavy atom. The molecule has 0 aliphatic carbocycles. The van der Waals surface area contributed by atoms with E-state index < -0.39 is 17.8 Å². The molecule has 0 saturated carbocycles. The van der Waals surface area contributed by atoms with Crippen LogP contribution in [0.4, 0.5) is 18.0 Å².